The van der Waals surface area contributed by atoms with E-state index in [-0.39, 0.29) is 11.8 Å². The van der Waals surface area contributed by atoms with Crippen LogP contribution in [0, 0.1) is 6.92 Å². The van der Waals surface area contributed by atoms with Crippen LogP contribution in [0.5, 0.6) is 0 Å². The van der Waals surface area contributed by atoms with Gasteiger partial charge in [0, 0.05) is 10.4 Å². The van der Waals surface area contributed by atoms with Crippen molar-refractivity contribution in [3.8, 4) is 11.3 Å². The van der Waals surface area contributed by atoms with Gasteiger partial charge in [-0.2, -0.15) is 0 Å². The maximum atomic E-state index is 13.2. The van der Waals surface area contributed by atoms with E-state index in [0.29, 0.717) is 5.13 Å². The molecule has 0 bridgehead atoms. The van der Waals surface area contributed by atoms with Gasteiger partial charge >= 0.3 is 0 Å². The van der Waals surface area contributed by atoms with Gasteiger partial charge in [-0.3, -0.25) is 4.79 Å². The van der Waals surface area contributed by atoms with Gasteiger partial charge in [-0.25, -0.2) is 4.98 Å². The molecule has 1 aromatic heterocycles. The fourth-order valence-electron chi connectivity index (χ4n) is 3.28. The fourth-order valence-corrected chi connectivity index (χ4v) is 4.12. The largest absolute Gasteiger partial charge is 0.301 e. The summed E-state index contributed by atoms with van der Waals surface area (Å²) in [6.45, 7) is 2.03. The van der Waals surface area contributed by atoms with Crippen molar-refractivity contribution >= 4 is 22.4 Å². The molecule has 4 heteroatoms. The van der Waals surface area contributed by atoms with E-state index in [4.69, 9.17) is 0 Å². The van der Waals surface area contributed by atoms with Crippen LogP contribution >= 0.6 is 11.3 Å². The molecule has 28 heavy (non-hydrogen) atoms. The first-order valence-corrected chi connectivity index (χ1v) is 9.97. The average molecular weight is 385 g/mol. The quantitative estimate of drug-likeness (QED) is 0.466. The summed E-state index contributed by atoms with van der Waals surface area (Å²) < 4.78 is 0. The van der Waals surface area contributed by atoms with Crippen molar-refractivity contribution in [2.24, 2.45) is 0 Å². The van der Waals surface area contributed by atoms with Crippen molar-refractivity contribution in [2.75, 3.05) is 5.32 Å². The van der Waals surface area contributed by atoms with Gasteiger partial charge in [0.25, 0.3) is 0 Å². The molecule has 0 saturated heterocycles. The van der Waals surface area contributed by atoms with E-state index in [1.165, 1.54) is 11.3 Å². The zero-order chi connectivity index (χ0) is 19.3. The predicted molar refractivity (Wildman–Crippen MR) is 116 cm³/mol. The van der Waals surface area contributed by atoms with Crippen LogP contribution in [0.1, 0.15) is 21.9 Å². The first-order chi connectivity index (χ1) is 13.7. The number of carbonyl (C=O) groups excluding carboxylic acids is 1. The topological polar surface area (TPSA) is 42.0 Å². The summed E-state index contributed by atoms with van der Waals surface area (Å²) in [6, 6.07) is 29.7. The third-order valence-electron chi connectivity index (χ3n) is 4.60. The Hall–Kier alpha value is -3.24. The van der Waals surface area contributed by atoms with E-state index in [1.807, 2.05) is 97.9 Å². The molecule has 4 rings (SSSR count). The van der Waals surface area contributed by atoms with E-state index in [1.54, 1.807) is 0 Å². The lowest BCUT2D eigenvalue weighted by Gasteiger charge is -2.17. The van der Waals surface area contributed by atoms with Gasteiger partial charge in [0.1, 0.15) is 0 Å². The molecule has 138 valence electrons. The zero-order valence-corrected chi connectivity index (χ0v) is 16.3. The number of amides is 1. The first kappa shape index (κ1) is 18.1. The Morgan fingerprint density at radius 3 is 1.86 bits per heavy atom. The van der Waals surface area contributed by atoms with Gasteiger partial charge in [-0.15, -0.1) is 11.3 Å². The highest BCUT2D eigenvalue weighted by Gasteiger charge is 2.24. The van der Waals surface area contributed by atoms with Crippen LogP contribution in [0.4, 0.5) is 5.13 Å². The molecule has 1 heterocycles. The van der Waals surface area contributed by atoms with Crippen LogP contribution in [0.25, 0.3) is 11.3 Å². The second-order valence-electron chi connectivity index (χ2n) is 6.53. The number of rotatable bonds is 5. The lowest BCUT2D eigenvalue weighted by atomic mass is 9.90. The molecular formula is C24H20N2OS. The molecule has 3 aromatic carbocycles. The molecule has 4 aromatic rings. The highest BCUT2D eigenvalue weighted by molar-refractivity contribution is 7.16. The van der Waals surface area contributed by atoms with E-state index < -0.39 is 0 Å². The first-order valence-electron chi connectivity index (χ1n) is 9.16. The summed E-state index contributed by atoms with van der Waals surface area (Å²) in [4.78, 5) is 19.0. The minimum absolute atomic E-state index is 0.0780. The Kier molecular flexibility index (Phi) is 5.31. The molecule has 0 atom stereocenters. The van der Waals surface area contributed by atoms with Crippen molar-refractivity contribution in [3.05, 3.63) is 107 Å². The van der Waals surface area contributed by atoms with Gasteiger partial charge in [0.15, 0.2) is 5.13 Å². The highest BCUT2D eigenvalue weighted by atomic mass is 32.1. The third-order valence-corrected chi connectivity index (χ3v) is 5.49. The van der Waals surface area contributed by atoms with Gasteiger partial charge < -0.3 is 5.32 Å². The van der Waals surface area contributed by atoms with Gasteiger partial charge in [-0.05, 0) is 18.1 Å². The predicted octanol–water partition coefficient (Wildman–Crippen LogP) is 5.89. The standard InChI is InChI=1S/C24H20N2OS/c1-17-22(20-15-9-4-10-16-20)25-24(28-17)26-23(27)21(18-11-5-2-6-12-18)19-13-7-3-8-14-19/h2-16,21H,1H3,(H,25,26,27). The van der Waals surface area contributed by atoms with Crippen molar-refractivity contribution in [2.45, 2.75) is 12.8 Å². The highest BCUT2D eigenvalue weighted by Crippen LogP contribution is 2.32. The Labute approximate surface area is 168 Å². The maximum absolute atomic E-state index is 13.2. The number of carbonyl (C=O) groups is 1. The molecule has 0 spiro atoms. The Morgan fingerprint density at radius 2 is 1.32 bits per heavy atom. The number of benzene rings is 3. The summed E-state index contributed by atoms with van der Waals surface area (Å²) in [5.41, 5.74) is 3.89. The number of anilines is 1. The van der Waals surface area contributed by atoms with Gasteiger partial charge in [0.2, 0.25) is 5.91 Å². The number of hydrogen-bond acceptors (Lipinski definition) is 3. The van der Waals surface area contributed by atoms with Crippen LogP contribution in [0.15, 0.2) is 91.0 Å². The van der Waals surface area contributed by atoms with Gasteiger partial charge in [-0.1, -0.05) is 91.0 Å². The number of nitrogens with one attached hydrogen (secondary N) is 1. The zero-order valence-electron chi connectivity index (χ0n) is 15.5. The molecule has 0 aliphatic heterocycles. The molecule has 1 N–H and O–H groups in total. The summed E-state index contributed by atoms with van der Waals surface area (Å²) in [7, 11) is 0. The van der Waals surface area contributed by atoms with Crippen molar-refractivity contribution < 1.29 is 4.79 Å². The van der Waals surface area contributed by atoms with Gasteiger partial charge in [0.05, 0.1) is 11.6 Å². The Morgan fingerprint density at radius 1 is 0.821 bits per heavy atom. The SMILES string of the molecule is Cc1sc(NC(=O)C(c2ccccc2)c2ccccc2)nc1-c1ccccc1. The lowest BCUT2D eigenvalue weighted by molar-refractivity contribution is -0.116. The van der Waals surface area contributed by atoms with Crippen LogP contribution in [-0.4, -0.2) is 10.9 Å². The van der Waals surface area contributed by atoms with E-state index in [2.05, 4.69) is 10.3 Å². The number of aryl methyl sites for hydroxylation is 1. The minimum Gasteiger partial charge on any atom is -0.301 e. The summed E-state index contributed by atoms with van der Waals surface area (Å²) in [6.07, 6.45) is 0. The number of aromatic nitrogens is 1. The molecule has 0 unspecified atom stereocenters. The smallest absolute Gasteiger partial charge is 0.238 e. The van der Waals surface area contributed by atoms with E-state index in [9.17, 15) is 4.79 Å². The van der Waals surface area contributed by atoms with Crippen LogP contribution < -0.4 is 5.32 Å². The second kappa shape index (κ2) is 8.19. The summed E-state index contributed by atoms with van der Waals surface area (Å²) in [5.74, 6) is -0.461. The van der Waals surface area contributed by atoms with Crippen LogP contribution in [0.3, 0.4) is 0 Å². The van der Waals surface area contributed by atoms with Crippen molar-refractivity contribution in [1.29, 1.82) is 0 Å². The molecular weight excluding hydrogens is 364 g/mol. The molecule has 1 amide bonds. The normalized spacial score (nSPS) is 10.8. The van der Waals surface area contributed by atoms with Crippen LogP contribution in [-0.2, 0) is 4.79 Å². The van der Waals surface area contributed by atoms with E-state index in [0.717, 1.165) is 27.3 Å². The molecule has 0 aliphatic carbocycles. The monoisotopic (exact) mass is 384 g/mol. The number of hydrogen-bond donors (Lipinski definition) is 1. The molecule has 0 saturated carbocycles. The number of nitrogens with zero attached hydrogens (tertiary/aromatic N) is 1. The third kappa shape index (κ3) is 3.87. The molecule has 0 fully saturated rings. The molecule has 0 aliphatic rings. The molecule has 3 nitrogen and oxygen atoms in total. The van der Waals surface area contributed by atoms with E-state index >= 15 is 0 Å². The summed E-state index contributed by atoms with van der Waals surface area (Å²) in [5, 5.41) is 3.66. The average Bonchev–Trinajstić information content (AvgIpc) is 3.10. The number of thiazole rings is 1. The summed E-state index contributed by atoms with van der Waals surface area (Å²) >= 11 is 1.50. The maximum Gasteiger partial charge on any atom is 0.238 e. The Balaban J connectivity index is 1.64. The van der Waals surface area contributed by atoms with Crippen molar-refractivity contribution in [3.63, 3.8) is 0 Å². The van der Waals surface area contributed by atoms with Crippen LogP contribution in [0.2, 0.25) is 0 Å². The minimum atomic E-state index is -0.383. The fraction of sp³-hybridized carbons (Fsp3) is 0.0833. The molecule has 0 radical (unpaired) electrons. The lowest BCUT2D eigenvalue weighted by Crippen LogP contribution is -2.22. The second-order valence-corrected chi connectivity index (χ2v) is 7.74. The van der Waals surface area contributed by atoms with Crippen molar-refractivity contribution in [1.82, 2.24) is 4.98 Å². The Bertz CT molecular complexity index is 1020.